The fourth-order valence-corrected chi connectivity index (χ4v) is 2.15. The summed E-state index contributed by atoms with van der Waals surface area (Å²) in [5.74, 6) is 0. The molecule has 2 aromatic carbocycles. The molecule has 0 bridgehead atoms. The third kappa shape index (κ3) is 5.95. The maximum absolute atomic E-state index is 3.41. The Kier molecular flexibility index (Phi) is 8.13. The van der Waals surface area contributed by atoms with Crippen LogP contribution in [-0.2, 0) is 12.8 Å². The molecule has 0 aromatic heterocycles. The van der Waals surface area contributed by atoms with E-state index < -0.39 is 0 Å². The Morgan fingerprint density at radius 1 is 0.895 bits per heavy atom. The van der Waals surface area contributed by atoms with Crippen LogP contribution in [0.5, 0.6) is 0 Å². The van der Waals surface area contributed by atoms with Crippen molar-refractivity contribution in [2.45, 2.75) is 39.0 Å². The molecule has 0 atom stereocenters. The minimum Gasteiger partial charge on any atom is -0.180 e. The van der Waals surface area contributed by atoms with Gasteiger partial charge in [0, 0.05) is 0 Å². The Balaban J connectivity index is 0.00000180. The summed E-state index contributed by atoms with van der Waals surface area (Å²) in [6.45, 7) is 2.25. The summed E-state index contributed by atoms with van der Waals surface area (Å²) in [6.07, 6.45) is 6.08. The molecule has 0 saturated carbocycles. The Labute approximate surface area is 139 Å². The average molecular weight is 260 g/mol. The first kappa shape index (κ1) is 16.5. The minimum atomic E-state index is 0. The van der Waals surface area contributed by atoms with Gasteiger partial charge >= 0.3 is 29.6 Å². The maximum atomic E-state index is 3.41. The van der Waals surface area contributed by atoms with Crippen molar-refractivity contribution >= 4 is 0 Å². The van der Waals surface area contributed by atoms with Crippen LogP contribution in [0.2, 0.25) is 0 Å². The maximum Gasteiger partial charge on any atom is 1.00 e. The molecule has 0 radical (unpaired) electrons. The van der Waals surface area contributed by atoms with Crippen LogP contribution in [0.4, 0.5) is 0 Å². The van der Waals surface area contributed by atoms with Crippen molar-refractivity contribution in [1.29, 1.82) is 0 Å². The summed E-state index contributed by atoms with van der Waals surface area (Å²) < 4.78 is 0. The summed E-state index contributed by atoms with van der Waals surface area (Å²) in [5, 5.41) is 0. The summed E-state index contributed by atoms with van der Waals surface area (Å²) >= 11 is 0. The van der Waals surface area contributed by atoms with Gasteiger partial charge in [0.05, 0.1) is 0 Å². The van der Waals surface area contributed by atoms with Gasteiger partial charge in [0.1, 0.15) is 0 Å². The van der Waals surface area contributed by atoms with Gasteiger partial charge in [-0.15, -0.1) is 0 Å². The molecule has 2 aromatic rings. The van der Waals surface area contributed by atoms with Crippen LogP contribution in [0.15, 0.2) is 48.5 Å². The molecule has 0 amide bonds. The third-order valence-corrected chi connectivity index (χ3v) is 3.25. The smallest absolute Gasteiger partial charge is 0.180 e. The number of aryl methyl sites for hydroxylation is 1. The minimum absolute atomic E-state index is 0. The van der Waals surface area contributed by atoms with Crippen molar-refractivity contribution in [3.63, 3.8) is 0 Å². The van der Waals surface area contributed by atoms with E-state index in [4.69, 9.17) is 0 Å². The molecule has 0 heterocycles. The molecule has 0 nitrogen and oxygen atoms in total. The molecule has 0 aliphatic rings. The first-order valence-corrected chi connectivity index (χ1v) is 6.92. The molecule has 94 valence electrons. The van der Waals surface area contributed by atoms with Crippen molar-refractivity contribution in [2.75, 3.05) is 0 Å². The number of hydrogen-bond donors (Lipinski definition) is 0. The van der Waals surface area contributed by atoms with Crippen molar-refractivity contribution < 1.29 is 29.6 Å². The van der Waals surface area contributed by atoms with Gasteiger partial charge in [-0.1, -0.05) is 62.9 Å². The molecule has 19 heavy (non-hydrogen) atoms. The summed E-state index contributed by atoms with van der Waals surface area (Å²) in [5.41, 5.74) is 4.05. The van der Waals surface area contributed by atoms with Gasteiger partial charge in [0.25, 0.3) is 0 Å². The second-order valence-corrected chi connectivity index (χ2v) is 4.84. The van der Waals surface area contributed by atoms with Crippen molar-refractivity contribution in [3.8, 4) is 0 Å². The molecular formula is C18H21Na. The second-order valence-electron chi connectivity index (χ2n) is 4.84. The van der Waals surface area contributed by atoms with E-state index in [0.717, 1.165) is 6.42 Å². The van der Waals surface area contributed by atoms with Crippen LogP contribution in [0.1, 0.15) is 42.9 Å². The summed E-state index contributed by atoms with van der Waals surface area (Å²) in [7, 11) is 0. The van der Waals surface area contributed by atoms with E-state index >= 15 is 0 Å². The largest absolute Gasteiger partial charge is 1.00 e. The van der Waals surface area contributed by atoms with Gasteiger partial charge in [0.2, 0.25) is 0 Å². The van der Waals surface area contributed by atoms with Gasteiger partial charge in [-0.05, 0) is 12.0 Å². The number of hydrogen-bond acceptors (Lipinski definition) is 0. The van der Waals surface area contributed by atoms with Crippen LogP contribution < -0.4 is 29.6 Å². The Hall–Kier alpha value is -0.560. The molecular weight excluding hydrogens is 239 g/mol. The fourth-order valence-electron chi connectivity index (χ4n) is 2.15. The molecule has 0 N–H and O–H groups in total. The average Bonchev–Trinajstić information content (AvgIpc) is 2.42. The van der Waals surface area contributed by atoms with Crippen molar-refractivity contribution in [3.05, 3.63) is 71.3 Å². The van der Waals surface area contributed by atoms with Crippen molar-refractivity contribution in [2.24, 2.45) is 0 Å². The molecule has 2 rings (SSSR count). The zero-order valence-corrected chi connectivity index (χ0v) is 14.2. The predicted octanol–water partition coefficient (Wildman–Crippen LogP) is 1.81. The van der Waals surface area contributed by atoms with E-state index in [2.05, 4.69) is 61.5 Å². The number of rotatable bonds is 6. The van der Waals surface area contributed by atoms with E-state index in [1.807, 2.05) is 0 Å². The van der Waals surface area contributed by atoms with Gasteiger partial charge in [0.15, 0.2) is 0 Å². The standard InChI is InChI=1S/C18H21.Na/c1-2-3-5-8-16-11-13-18(14-12-16)15-17-9-6-4-7-10-17;/h4,6-7,9-13H,2-3,5,8,15H2,1H3;/q-1;+1. The first-order valence-electron chi connectivity index (χ1n) is 6.92. The van der Waals surface area contributed by atoms with E-state index in [1.54, 1.807) is 0 Å². The van der Waals surface area contributed by atoms with Gasteiger partial charge in [-0.2, -0.15) is 35.4 Å². The Morgan fingerprint density at radius 3 is 2.32 bits per heavy atom. The van der Waals surface area contributed by atoms with E-state index in [9.17, 15) is 0 Å². The van der Waals surface area contributed by atoms with Crippen LogP contribution in [0, 0.1) is 6.07 Å². The molecule has 1 heteroatoms. The number of benzene rings is 2. The number of unbranched alkanes of at least 4 members (excludes halogenated alkanes) is 2. The molecule has 0 saturated heterocycles. The molecule has 0 aliphatic heterocycles. The fraction of sp³-hybridized carbons (Fsp3) is 0.333. The van der Waals surface area contributed by atoms with Gasteiger partial charge < -0.3 is 0 Å². The molecule has 0 aliphatic carbocycles. The Morgan fingerprint density at radius 2 is 1.68 bits per heavy atom. The molecule has 0 spiro atoms. The van der Waals surface area contributed by atoms with Crippen LogP contribution in [0.3, 0.4) is 0 Å². The van der Waals surface area contributed by atoms with Crippen LogP contribution >= 0.6 is 0 Å². The van der Waals surface area contributed by atoms with E-state index in [0.29, 0.717) is 0 Å². The topological polar surface area (TPSA) is 0 Å². The predicted molar refractivity (Wildman–Crippen MR) is 77.8 cm³/mol. The Bertz CT molecular complexity index is 445. The quantitative estimate of drug-likeness (QED) is 0.422. The monoisotopic (exact) mass is 260 g/mol. The zero-order chi connectivity index (χ0) is 12.6. The zero-order valence-electron chi connectivity index (χ0n) is 12.2. The summed E-state index contributed by atoms with van der Waals surface area (Å²) in [4.78, 5) is 0. The summed E-state index contributed by atoms with van der Waals surface area (Å²) in [6, 6.07) is 20.6. The molecule has 0 fully saturated rings. The van der Waals surface area contributed by atoms with Gasteiger partial charge in [-0.25, -0.2) is 0 Å². The van der Waals surface area contributed by atoms with Crippen LogP contribution in [0.25, 0.3) is 0 Å². The van der Waals surface area contributed by atoms with Crippen LogP contribution in [-0.4, -0.2) is 0 Å². The van der Waals surface area contributed by atoms with E-state index in [1.165, 1.54) is 42.4 Å². The third-order valence-electron chi connectivity index (χ3n) is 3.25. The first-order chi connectivity index (χ1) is 8.88. The SMILES string of the molecule is CCCCCc1c[c-]c(Cc2ccccc2)cc1.[Na+]. The normalized spacial score (nSPS) is 9.95. The van der Waals surface area contributed by atoms with Gasteiger partial charge in [-0.3, -0.25) is 0 Å². The second kappa shape index (κ2) is 9.36. The van der Waals surface area contributed by atoms with Crippen molar-refractivity contribution in [1.82, 2.24) is 0 Å². The van der Waals surface area contributed by atoms with E-state index in [-0.39, 0.29) is 29.6 Å². The molecule has 0 unspecified atom stereocenters.